The van der Waals surface area contributed by atoms with Gasteiger partial charge in [-0.25, -0.2) is 0 Å². The SMILES string of the molecule is Cc1ccc(CNC(=O)c2cncc(NCc3ccc(C)cc3)c2)cc1. The Morgan fingerprint density at radius 2 is 1.42 bits per heavy atom. The van der Waals surface area contributed by atoms with Crippen LogP contribution in [0.4, 0.5) is 5.69 Å². The number of hydrogen-bond donors (Lipinski definition) is 2. The van der Waals surface area contributed by atoms with Crippen LogP contribution in [-0.2, 0) is 13.1 Å². The lowest BCUT2D eigenvalue weighted by Crippen LogP contribution is -2.23. The molecule has 0 bridgehead atoms. The van der Waals surface area contributed by atoms with Crippen LogP contribution in [0.3, 0.4) is 0 Å². The van der Waals surface area contributed by atoms with Crippen LogP contribution in [-0.4, -0.2) is 10.9 Å². The highest BCUT2D eigenvalue weighted by Gasteiger charge is 2.07. The number of nitrogens with zero attached hydrogens (tertiary/aromatic N) is 1. The number of pyridine rings is 1. The Morgan fingerprint density at radius 1 is 0.846 bits per heavy atom. The number of rotatable bonds is 6. The van der Waals surface area contributed by atoms with Crippen molar-refractivity contribution in [2.24, 2.45) is 0 Å². The quantitative estimate of drug-likeness (QED) is 0.702. The molecule has 0 saturated carbocycles. The summed E-state index contributed by atoms with van der Waals surface area (Å²) >= 11 is 0. The summed E-state index contributed by atoms with van der Waals surface area (Å²) in [6.45, 7) is 5.31. The van der Waals surface area contributed by atoms with Gasteiger partial charge in [-0.2, -0.15) is 0 Å². The molecule has 1 amide bonds. The Bertz CT molecular complexity index is 871. The summed E-state index contributed by atoms with van der Waals surface area (Å²) in [5.41, 5.74) is 6.08. The van der Waals surface area contributed by atoms with Crippen molar-refractivity contribution in [3.05, 3.63) is 94.8 Å². The number of anilines is 1. The zero-order chi connectivity index (χ0) is 18.4. The van der Waals surface area contributed by atoms with Gasteiger partial charge in [0.15, 0.2) is 0 Å². The maximum Gasteiger partial charge on any atom is 0.253 e. The van der Waals surface area contributed by atoms with Gasteiger partial charge in [0.2, 0.25) is 0 Å². The second kappa shape index (κ2) is 8.30. The van der Waals surface area contributed by atoms with Crippen LogP contribution in [0.15, 0.2) is 67.0 Å². The molecule has 0 aliphatic heterocycles. The highest BCUT2D eigenvalue weighted by Crippen LogP contribution is 2.12. The van der Waals surface area contributed by atoms with Gasteiger partial charge in [0.1, 0.15) is 0 Å². The number of benzene rings is 2. The van der Waals surface area contributed by atoms with Crippen LogP contribution in [0, 0.1) is 13.8 Å². The van der Waals surface area contributed by atoms with E-state index in [2.05, 4.69) is 46.8 Å². The van der Waals surface area contributed by atoms with E-state index in [1.165, 1.54) is 16.7 Å². The highest BCUT2D eigenvalue weighted by molar-refractivity contribution is 5.94. The number of hydrogen-bond acceptors (Lipinski definition) is 3. The van der Waals surface area contributed by atoms with Crippen molar-refractivity contribution in [1.82, 2.24) is 10.3 Å². The first-order valence-electron chi connectivity index (χ1n) is 8.68. The van der Waals surface area contributed by atoms with Gasteiger partial charge in [0.05, 0.1) is 11.3 Å². The van der Waals surface area contributed by atoms with E-state index in [1.54, 1.807) is 12.4 Å². The van der Waals surface area contributed by atoms with Gasteiger partial charge < -0.3 is 10.6 Å². The van der Waals surface area contributed by atoms with Crippen molar-refractivity contribution in [3.8, 4) is 0 Å². The van der Waals surface area contributed by atoms with Crippen molar-refractivity contribution in [3.63, 3.8) is 0 Å². The molecule has 3 aromatic rings. The van der Waals surface area contributed by atoms with Crippen LogP contribution in [0.5, 0.6) is 0 Å². The minimum Gasteiger partial charge on any atom is -0.380 e. The summed E-state index contributed by atoms with van der Waals surface area (Å²) in [7, 11) is 0. The van der Waals surface area contributed by atoms with E-state index < -0.39 is 0 Å². The molecule has 0 aliphatic rings. The normalized spacial score (nSPS) is 10.4. The first kappa shape index (κ1) is 17.7. The molecule has 2 aromatic carbocycles. The predicted molar refractivity (Wildman–Crippen MR) is 105 cm³/mol. The van der Waals surface area contributed by atoms with Crippen molar-refractivity contribution in [2.75, 3.05) is 5.32 Å². The molecule has 3 rings (SSSR count). The topological polar surface area (TPSA) is 54.0 Å². The lowest BCUT2D eigenvalue weighted by molar-refractivity contribution is 0.0950. The smallest absolute Gasteiger partial charge is 0.253 e. The van der Waals surface area contributed by atoms with Gasteiger partial charge in [-0.1, -0.05) is 59.7 Å². The second-order valence-corrected chi connectivity index (χ2v) is 6.47. The van der Waals surface area contributed by atoms with Crippen molar-refractivity contribution >= 4 is 11.6 Å². The number of aryl methyl sites for hydroxylation is 2. The maximum absolute atomic E-state index is 12.4. The first-order chi connectivity index (χ1) is 12.6. The van der Waals surface area contributed by atoms with Gasteiger partial charge in [-0.3, -0.25) is 9.78 Å². The van der Waals surface area contributed by atoms with Gasteiger partial charge in [0, 0.05) is 25.5 Å². The Labute approximate surface area is 154 Å². The molecular formula is C22H23N3O. The highest BCUT2D eigenvalue weighted by atomic mass is 16.1. The van der Waals surface area contributed by atoms with Crippen LogP contribution >= 0.6 is 0 Å². The van der Waals surface area contributed by atoms with Gasteiger partial charge in [0.25, 0.3) is 5.91 Å². The fourth-order valence-corrected chi connectivity index (χ4v) is 2.56. The van der Waals surface area contributed by atoms with E-state index >= 15 is 0 Å². The van der Waals surface area contributed by atoms with Gasteiger partial charge in [-0.15, -0.1) is 0 Å². The van der Waals surface area contributed by atoms with Gasteiger partial charge in [-0.05, 0) is 31.0 Å². The van der Waals surface area contributed by atoms with E-state index in [4.69, 9.17) is 0 Å². The van der Waals surface area contributed by atoms with Crippen LogP contribution in [0.25, 0.3) is 0 Å². The first-order valence-corrected chi connectivity index (χ1v) is 8.68. The fourth-order valence-electron chi connectivity index (χ4n) is 2.56. The Morgan fingerprint density at radius 3 is 2.04 bits per heavy atom. The average Bonchev–Trinajstić information content (AvgIpc) is 2.67. The largest absolute Gasteiger partial charge is 0.380 e. The fraction of sp³-hybridized carbons (Fsp3) is 0.182. The molecule has 0 aliphatic carbocycles. The monoisotopic (exact) mass is 345 g/mol. The van der Waals surface area contributed by atoms with Crippen molar-refractivity contribution in [2.45, 2.75) is 26.9 Å². The molecule has 132 valence electrons. The van der Waals surface area contributed by atoms with E-state index in [9.17, 15) is 4.79 Å². The molecule has 2 N–H and O–H groups in total. The Kier molecular flexibility index (Phi) is 5.64. The molecule has 0 fully saturated rings. The molecule has 0 saturated heterocycles. The molecule has 4 nitrogen and oxygen atoms in total. The van der Waals surface area contributed by atoms with Crippen LogP contribution in [0.1, 0.15) is 32.6 Å². The second-order valence-electron chi connectivity index (χ2n) is 6.47. The summed E-state index contributed by atoms with van der Waals surface area (Å²) < 4.78 is 0. The molecule has 26 heavy (non-hydrogen) atoms. The predicted octanol–water partition coefficient (Wildman–Crippen LogP) is 4.24. The number of amides is 1. The summed E-state index contributed by atoms with van der Waals surface area (Å²) in [6.07, 6.45) is 3.31. The number of nitrogens with one attached hydrogen (secondary N) is 2. The zero-order valence-corrected chi connectivity index (χ0v) is 15.1. The third kappa shape index (κ3) is 4.93. The Hall–Kier alpha value is -3.14. The minimum atomic E-state index is -0.128. The molecule has 0 unspecified atom stereocenters. The van der Waals surface area contributed by atoms with Crippen molar-refractivity contribution < 1.29 is 4.79 Å². The van der Waals surface area contributed by atoms with Crippen molar-refractivity contribution in [1.29, 1.82) is 0 Å². The zero-order valence-electron chi connectivity index (χ0n) is 15.1. The lowest BCUT2D eigenvalue weighted by Gasteiger charge is -2.09. The third-order valence-electron chi connectivity index (χ3n) is 4.19. The molecule has 0 radical (unpaired) electrons. The molecule has 4 heteroatoms. The number of carbonyl (C=O) groups is 1. The Balaban J connectivity index is 1.58. The van der Waals surface area contributed by atoms with Gasteiger partial charge >= 0.3 is 0 Å². The standard InChI is InChI=1S/C22H23N3O/c1-16-3-7-18(8-4-16)12-24-21-11-20(14-23-15-21)22(26)25-13-19-9-5-17(2)6-10-19/h3-11,14-15,24H,12-13H2,1-2H3,(H,25,26). The van der Waals surface area contributed by atoms with E-state index in [0.29, 0.717) is 18.7 Å². The molecule has 0 spiro atoms. The number of aromatic nitrogens is 1. The van der Waals surface area contributed by atoms with E-state index in [0.717, 1.165) is 11.3 Å². The molecule has 1 heterocycles. The van der Waals surface area contributed by atoms with Crippen LogP contribution in [0.2, 0.25) is 0 Å². The van der Waals surface area contributed by atoms with E-state index in [-0.39, 0.29) is 5.91 Å². The summed E-state index contributed by atoms with van der Waals surface area (Å²) in [5.74, 6) is -0.128. The number of carbonyl (C=O) groups excluding carboxylic acids is 1. The molecular weight excluding hydrogens is 322 g/mol. The average molecular weight is 345 g/mol. The summed E-state index contributed by atoms with van der Waals surface area (Å²) in [6, 6.07) is 18.3. The third-order valence-corrected chi connectivity index (χ3v) is 4.19. The lowest BCUT2D eigenvalue weighted by atomic mass is 10.1. The minimum absolute atomic E-state index is 0.128. The van der Waals surface area contributed by atoms with E-state index in [1.807, 2.05) is 37.3 Å². The molecule has 0 atom stereocenters. The summed E-state index contributed by atoms with van der Waals surface area (Å²) in [4.78, 5) is 16.5. The summed E-state index contributed by atoms with van der Waals surface area (Å²) in [5, 5.41) is 6.25. The maximum atomic E-state index is 12.4. The molecule has 1 aromatic heterocycles. The van der Waals surface area contributed by atoms with Crippen LogP contribution < -0.4 is 10.6 Å².